The molecule has 1 aliphatic heterocycles. The molecule has 2 aliphatic rings. The SMILES string of the molecule is COC(=O)/C=C(C)\C=C\C1C(C(F)F)=CC2(CC1(C)C)OCCO2. The largest absolute Gasteiger partial charge is 0.466 e. The first-order valence-electron chi connectivity index (χ1n) is 7.92. The molecule has 134 valence electrons. The van der Waals surface area contributed by atoms with Crippen LogP contribution < -0.4 is 0 Å². The number of hydrogen-bond donors (Lipinski definition) is 0. The molecule has 0 saturated carbocycles. The number of hydrogen-bond acceptors (Lipinski definition) is 4. The van der Waals surface area contributed by atoms with E-state index in [1.54, 1.807) is 19.1 Å². The van der Waals surface area contributed by atoms with E-state index in [0.717, 1.165) is 0 Å². The molecular weight excluding hydrogens is 318 g/mol. The van der Waals surface area contributed by atoms with Crippen molar-refractivity contribution in [2.45, 2.75) is 39.4 Å². The molecule has 0 bridgehead atoms. The summed E-state index contributed by atoms with van der Waals surface area (Å²) in [5.41, 5.74) is 0.155. The van der Waals surface area contributed by atoms with Gasteiger partial charge in [-0.05, 0) is 24.0 Å². The zero-order chi connectivity index (χ0) is 18.0. The molecule has 4 nitrogen and oxygen atoms in total. The molecule has 6 heteroatoms. The maximum atomic E-state index is 13.6. The summed E-state index contributed by atoms with van der Waals surface area (Å²) in [5.74, 6) is -2.00. The van der Waals surface area contributed by atoms with Gasteiger partial charge in [-0.1, -0.05) is 26.0 Å². The lowest BCUT2D eigenvalue weighted by molar-refractivity contribution is -0.151. The smallest absolute Gasteiger partial charge is 0.330 e. The molecule has 24 heavy (non-hydrogen) atoms. The summed E-state index contributed by atoms with van der Waals surface area (Å²) in [6.45, 7) is 6.38. The Morgan fingerprint density at radius 3 is 2.54 bits per heavy atom. The van der Waals surface area contributed by atoms with Crippen LogP contribution in [0.25, 0.3) is 0 Å². The fraction of sp³-hybridized carbons (Fsp3) is 0.611. The highest BCUT2D eigenvalue weighted by atomic mass is 19.3. The van der Waals surface area contributed by atoms with Gasteiger partial charge in [-0.25, -0.2) is 13.6 Å². The normalized spacial score (nSPS) is 26.2. The van der Waals surface area contributed by atoms with Gasteiger partial charge in [0.1, 0.15) is 0 Å². The first-order valence-corrected chi connectivity index (χ1v) is 7.92. The first-order chi connectivity index (χ1) is 11.2. The molecule has 0 N–H and O–H groups in total. The highest BCUT2D eigenvalue weighted by molar-refractivity contribution is 5.83. The van der Waals surface area contributed by atoms with Gasteiger partial charge in [0.05, 0.1) is 20.3 Å². The van der Waals surface area contributed by atoms with Crippen molar-refractivity contribution in [1.82, 2.24) is 0 Å². The van der Waals surface area contributed by atoms with Gasteiger partial charge in [0, 0.05) is 24.0 Å². The van der Waals surface area contributed by atoms with Crippen molar-refractivity contribution in [3.63, 3.8) is 0 Å². The predicted molar refractivity (Wildman–Crippen MR) is 85.5 cm³/mol. The molecule has 1 atom stereocenters. The topological polar surface area (TPSA) is 44.8 Å². The Kier molecular flexibility index (Phi) is 5.60. The number of alkyl halides is 2. The monoisotopic (exact) mass is 342 g/mol. The highest BCUT2D eigenvalue weighted by Gasteiger charge is 2.49. The standard InChI is InChI=1S/C18H24F2O4/c1-12(9-15(21)22-4)5-6-14-13(16(19)20)10-18(11-17(14,2)3)23-7-8-24-18/h5-6,9-10,14,16H,7-8,11H2,1-4H3/b6-5+,12-9-. The Morgan fingerprint density at radius 2 is 2.00 bits per heavy atom. The Hall–Kier alpha value is -1.53. The molecule has 1 spiro atoms. The van der Waals surface area contributed by atoms with E-state index in [2.05, 4.69) is 4.74 Å². The molecule has 1 aliphatic carbocycles. The molecule has 2 rings (SSSR count). The van der Waals surface area contributed by atoms with E-state index in [4.69, 9.17) is 9.47 Å². The zero-order valence-corrected chi connectivity index (χ0v) is 14.5. The van der Waals surface area contributed by atoms with Crippen LogP contribution in [0.4, 0.5) is 8.78 Å². The van der Waals surface area contributed by atoms with Gasteiger partial charge in [0.15, 0.2) is 5.79 Å². The summed E-state index contributed by atoms with van der Waals surface area (Å²) in [6, 6.07) is 0. The lowest BCUT2D eigenvalue weighted by atomic mass is 9.66. The third-order valence-electron chi connectivity index (χ3n) is 4.42. The number of halogens is 2. The average Bonchev–Trinajstić information content (AvgIpc) is 2.92. The van der Waals surface area contributed by atoms with Crippen LogP contribution in [-0.4, -0.2) is 38.5 Å². The summed E-state index contributed by atoms with van der Waals surface area (Å²) >= 11 is 0. The third-order valence-corrected chi connectivity index (χ3v) is 4.42. The minimum atomic E-state index is -2.60. The summed E-state index contributed by atoms with van der Waals surface area (Å²) in [6.07, 6.45) is 4.04. The van der Waals surface area contributed by atoms with Crippen molar-refractivity contribution in [3.05, 3.63) is 35.5 Å². The van der Waals surface area contributed by atoms with Crippen molar-refractivity contribution in [2.75, 3.05) is 20.3 Å². The Balaban J connectivity index is 2.32. The van der Waals surface area contributed by atoms with Crippen LogP contribution in [0.5, 0.6) is 0 Å². The Bertz CT molecular complexity index is 570. The molecule has 1 unspecified atom stereocenters. The van der Waals surface area contributed by atoms with Crippen molar-refractivity contribution in [3.8, 4) is 0 Å². The molecule has 1 heterocycles. The van der Waals surface area contributed by atoms with E-state index >= 15 is 0 Å². The number of esters is 1. The van der Waals surface area contributed by atoms with E-state index in [-0.39, 0.29) is 5.57 Å². The quantitative estimate of drug-likeness (QED) is 0.339. The zero-order valence-electron chi connectivity index (χ0n) is 14.5. The minimum absolute atomic E-state index is 0.00438. The first kappa shape index (κ1) is 18.8. The predicted octanol–water partition coefficient (Wildman–Crippen LogP) is 3.64. The maximum absolute atomic E-state index is 13.6. The van der Waals surface area contributed by atoms with Crippen molar-refractivity contribution >= 4 is 5.97 Å². The fourth-order valence-corrected chi connectivity index (χ4v) is 3.36. The summed E-state index contributed by atoms with van der Waals surface area (Å²) in [4.78, 5) is 11.2. The number of ether oxygens (including phenoxy) is 3. The lowest BCUT2D eigenvalue weighted by Crippen LogP contribution is -2.43. The van der Waals surface area contributed by atoms with Crippen LogP contribution >= 0.6 is 0 Å². The van der Waals surface area contributed by atoms with Crippen LogP contribution in [0, 0.1) is 11.3 Å². The molecular formula is C18H24F2O4. The second kappa shape index (κ2) is 7.15. The van der Waals surface area contributed by atoms with Gasteiger partial charge in [0.2, 0.25) is 0 Å². The molecule has 0 aromatic heterocycles. The van der Waals surface area contributed by atoms with Gasteiger partial charge in [-0.3, -0.25) is 0 Å². The molecule has 0 amide bonds. The number of carbonyl (C=O) groups excluding carboxylic acids is 1. The highest BCUT2D eigenvalue weighted by Crippen LogP contribution is 2.50. The van der Waals surface area contributed by atoms with E-state index < -0.39 is 29.5 Å². The molecule has 1 fully saturated rings. The van der Waals surface area contributed by atoms with Crippen molar-refractivity contribution in [2.24, 2.45) is 11.3 Å². The van der Waals surface area contributed by atoms with Crippen LogP contribution in [0.1, 0.15) is 27.2 Å². The third kappa shape index (κ3) is 4.11. The Labute approximate surface area is 141 Å². The van der Waals surface area contributed by atoms with Crippen LogP contribution in [0.15, 0.2) is 35.5 Å². The van der Waals surface area contributed by atoms with Crippen molar-refractivity contribution < 1.29 is 27.8 Å². The van der Waals surface area contributed by atoms with E-state index in [9.17, 15) is 13.6 Å². The van der Waals surface area contributed by atoms with Crippen LogP contribution in [0.3, 0.4) is 0 Å². The van der Waals surface area contributed by atoms with E-state index in [1.807, 2.05) is 13.8 Å². The van der Waals surface area contributed by atoms with Gasteiger partial charge in [-0.2, -0.15) is 0 Å². The average molecular weight is 342 g/mol. The lowest BCUT2D eigenvalue weighted by Gasteiger charge is -2.44. The molecule has 0 radical (unpaired) electrons. The minimum Gasteiger partial charge on any atom is -0.466 e. The van der Waals surface area contributed by atoms with Gasteiger partial charge >= 0.3 is 5.97 Å². The van der Waals surface area contributed by atoms with Crippen LogP contribution in [-0.2, 0) is 19.0 Å². The van der Waals surface area contributed by atoms with Gasteiger partial charge in [-0.15, -0.1) is 0 Å². The number of carbonyl (C=O) groups is 1. The second-order valence-corrected chi connectivity index (χ2v) is 6.87. The maximum Gasteiger partial charge on any atom is 0.330 e. The molecule has 1 saturated heterocycles. The summed E-state index contributed by atoms with van der Waals surface area (Å²) < 4.78 is 43.1. The summed E-state index contributed by atoms with van der Waals surface area (Å²) in [7, 11) is 1.29. The number of allylic oxidation sites excluding steroid dienone is 4. The number of methoxy groups -OCH3 is 1. The second-order valence-electron chi connectivity index (χ2n) is 6.87. The van der Waals surface area contributed by atoms with Gasteiger partial charge in [0.25, 0.3) is 6.43 Å². The van der Waals surface area contributed by atoms with Crippen molar-refractivity contribution in [1.29, 1.82) is 0 Å². The Morgan fingerprint density at radius 1 is 1.38 bits per heavy atom. The summed E-state index contributed by atoms with van der Waals surface area (Å²) in [5, 5.41) is 0. The van der Waals surface area contributed by atoms with Crippen LogP contribution in [0.2, 0.25) is 0 Å². The van der Waals surface area contributed by atoms with Gasteiger partial charge < -0.3 is 14.2 Å². The fourth-order valence-electron chi connectivity index (χ4n) is 3.36. The molecule has 0 aromatic rings. The van der Waals surface area contributed by atoms with E-state index in [1.165, 1.54) is 19.3 Å². The molecule has 0 aromatic carbocycles. The number of rotatable bonds is 4. The van der Waals surface area contributed by atoms with E-state index in [0.29, 0.717) is 25.2 Å².